The van der Waals surface area contributed by atoms with Gasteiger partial charge in [0.25, 0.3) is 5.91 Å². The highest BCUT2D eigenvalue weighted by Crippen LogP contribution is 2.35. The minimum atomic E-state index is -1.07. The van der Waals surface area contributed by atoms with E-state index in [1.807, 2.05) is 47.9 Å². The van der Waals surface area contributed by atoms with Crippen LogP contribution < -0.4 is 5.32 Å². The number of hydrogen-bond donors (Lipinski definition) is 1. The van der Waals surface area contributed by atoms with Gasteiger partial charge in [0.1, 0.15) is 17.0 Å². The summed E-state index contributed by atoms with van der Waals surface area (Å²) < 4.78 is 7.55. The minimum absolute atomic E-state index is 0.110. The zero-order valence-electron chi connectivity index (χ0n) is 20.0. The van der Waals surface area contributed by atoms with Crippen molar-refractivity contribution in [1.82, 2.24) is 19.8 Å². The van der Waals surface area contributed by atoms with Crippen LogP contribution in [0.15, 0.2) is 59.5 Å². The third-order valence-corrected chi connectivity index (χ3v) is 7.86. The van der Waals surface area contributed by atoms with Gasteiger partial charge in [-0.2, -0.15) is 0 Å². The van der Waals surface area contributed by atoms with Gasteiger partial charge in [0.05, 0.1) is 18.5 Å². The normalized spacial score (nSPS) is 26.9. The summed E-state index contributed by atoms with van der Waals surface area (Å²) in [5, 5.41) is 3.34. The number of amides is 2. The SMILES string of the molecule is C[C@H]1[C@H](C)CCC[C@@H]1NC(=O)[C@]1(C)Cn2c(ccc2-c2ccco2)C(=O)N1Cc1cccnc1. The van der Waals surface area contributed by atoms with Gasteiger partial charge in [-0.15, -0.1) is 0 Å². The predicted octanol–water partition coefficient (Wildman–Crippen LogP) is 4.50. The summed E-state index contributed by atoms with van der Waals surface area (Å²) in [5.41, 5.74) is 1.18. The van der Waals surface area contributed by atoms with Crippen molar-refractivity contribution in [2.75, 3.05) is 0 Å². The number of nitrogens with zero attached hydrogens (tertiary/aromatic N) is 3. The lowest BCUT2D eigenvalue weighted by Crippen LogP contribution is -2.65. The van der Waals surface area contributed by atoms with Gasteiger partial charge in [-0.05, 0) is 61.1 Å². The Kier molecular flexibility index (Phi) is 5.80. The Hall–Kier alpha value is -3.35. The molecule has 1 fully saturated rings. The van der Waals surface area contributed by atoms with E-state index in [2.05, 4.69) is 24.1 Å². The summed E-state index contributed by atoms with van der Waals surface area (Å²) in [5.74, 6) is 1.36. The van der Waals surface area contributed by atoms with Gasteiger partial charge < -0.3 is 19.2 Å². The third-order valence-electron chi connectivity index (χ3n) is 7.86. The Morgan fingerprint density at radius 1 is 1.18 bits per heavy atom. The molecule has 0 bridgehead atoms. The first-order valence-corrected chi connectivity index (χ1v) is 12.1. The van der Waals surface area contributed by atoms with Crippen molar-refractivity contribution in [3.8, 4) is 11.5 Å². The number of nitrogens with one attached hydrogen (secondary N) is 1. The molecule has 0 saturated heterocycles. The van der Waals surface area contributed by atoms with E-state index in [1.165, 1.54) is 6.42 Å². The molecule has 178 valence electrons. The maximum absolute atomic E-state index is 14.0. The Morgan fingerprint density at radius 3 is 2.74 bits per heavy atom. The Bertz CT molecular complexity index is 1170. The van der Waals surface area contributed by atoms with Gasteiger partial charge in [0.2, 0.25) is 5.91 Å². The first-order chi connectivity index (χ1) is 16.4. The molecular formula is C27H32N4O3. The van der Waals surface area contributed by atoms with Crippen LogP contribution in [0.5, 0.6) is 0 Å². The molecule has 0 spiro atoms. The average Bonchev–Trinajstić information content (AvgIpc) is 3.50. The first kappa shape index (κ1) is 22.4. The molecule has 1 aliphatic carbocycles. The molecular weight excluding hydrogens is 428 g/mol. The quantitative estimate of drug-likeness (QED) is 0.608. The first-order valence-electron chi connectivity index (χ1n) is 12.1. The lowest BCUT2D eigenvalue weighted by Gasteiger charge is -2.46. The molecule has 5 rings (SSSR count). The molecule has 4 heterocycles. The van der Waals surface area contributed by atoms with Crippen LogP contribution in [0.1, 0.15) is 56.1 Å². The maximum Gasteiger partial charge on any atom is 0.271 e. The van der Waals surface area contributed by atoms with Gasteiger partial charge in [-0.25, -0.2) is 0 Å². The van der Waals surface area contributed by atoms with Crippen LogP contribution in [-0.4, -0.2) is 37.8 Å². The number of hydrogen-bond acceptors (Lipinski definition) is 4. The highest BCUT2D eigenvalue weighted by atomic mass is 16.3. The third kappa shape index (κ3) is 3.83. The fourth-order valence-corrected chi connectivity index (χ4v) is 5.44. The van der Waals surface area contributed by atoms with Gasteiger partial charge in [0.15, 0.2) is 0 Å². The van der Waals surface area contributed by atoms with Crippen LogP contribution in [0.2, 0.25) is 0 Å². The summed E-state index contributed by atoms with van der Waals surface area (Å²) in [4.78, 5) is 33.7. The largest absolute Gasteiger partial charge is 0.463 e. The van der Waals surface area contributed by atoms with E-state index in [0.717, 1.165) is 24.1 Å². The minimum Gasteiger partial charge on any atom is -0.463 e. The Balaban J connectivity index is 1.52. The molecule has 0 unspecified atom stereocenters. The van der Waals surface area contributed by atoms with E-state index < -0.39 is 5.54 Å². The zero-order valence-corrected chi connectivity index (χ0v) is 20.0. The van der Waals surface area contributed by atoms with Crippen LogP contribution in [0.25, 0.3) is 11.5 Å². The molecule has 1 saturated carbocycles. The van der Waals surface area contributed by atoms with E-state index in [4.69, 9.17) is 4.42 Å². The molecule has 3 aromatic rings. The average molecular weight is 461 g/mol. The van der Waals surface area contributed by atoms with Gasteiger partial charge >= 0.3 is 0 Å². The number of rotatable bonds is 5. The van der Waals surface area contributed by atoms with Crippen LogP contribution in [0.3, 0.4) is 0 Å². The van der Waals surface area contributed by atoms with Crippen LogP contribution in [0, 0.1) is 11.8 Å². The fraction of sp³-hybridized carbons (Fsp3) is 0.444. The number of furan rings is 1. The van der Waals surface area contributed by atoms with E-state index in [-0.39, 0.29) is 17.9 Å². The summed E-state index contributed by atoms with van der Waals surface area (Å²) in [6, 6.07) is 11.3. The maximum atomic E-state index is 14.0. The van der Waals surface area contributed by atoms with Crippen molar-refractivity contribution in [3.63, 3.8) is 0 Å². The van der Waals surface area contributed by atoms with E-state index in [1.54, 1.807) is 23.6 Å². The topological polar surface area (TPSA) is 80.4 Å². The van der Waals surface area contributed by atoms with E-state index >= 15 is 0 Å². The number of pyridine rings is 1. The smallest absolute Gasteiger partial charge is 0.271 e. The molecule has 1 aliphatic heterocycles. The van der Waals surface area contributed by atoms with Gasteiger partial charge in [-0.3, -0.25) is 14.6 Å². The van der Waals surface area contributed by atoms with E-state index in [9.17, 15) is 9.59 Å². The van der Waals surface area contributed by atoms with Crippen molar-refractivity contribution >= 4 is 11.8 Å². The Labute approximate surface area is 200 Å². The molecule has 4 atom stereocenters. The van der Waals surface area contributed by atoms with Crippen molar-refractivity contribution in [2.45, 2.75) is 64.7 Å². The molecule has 3 aromatic heterocycles. The standard InChI is InChI=1S/C27H32N4O3/c1-18-7-4-9-21(19(18)2)29-26(33)27(3)17-30-22(24-10-6-14-34-24)11-12-23(30)25(32)31(27)16-20-8-5-13-28-15-20/h5-6,8,10-15,18-19,21H,4,7,9,16-17H2,1-3H3,(H,29,33)/t18-,19+,21+,27+/m1/s1. The molecule has 0 radical (unpaired) electrons. The summed E-state index contributed by atoms with van der Waals surface area (Å²) >= 11 is 0. The molecule has 34 heavy (non-hydrogen) atoms. The summed E-state index contributed by atoms with van der Waals surface area (Å²) in [6.45, 7) is 7.01. The highest BCUT2D eigenvalue weighted by Gasteiger charge is 2.48. The lowest BCUT2D eigenvalue weighted by molar-refractivity contribution is -0.134. The Morgan fingerprint density at radius 2 is 2.00 bits per heavy atom. The number of fused-ring (bicyclic) bond motifs is 1. The van der Waals surface area contributed by atoms with E-state index in [0.29, 0.717) is 36.4 Å². The predicted molar refractivity (Wildman–Crippen MR) is 129 cm³/mol. The van der Waals surface area contributed by atoms with Gasteiger partial charge in [0, 0.05) is 25.0 Å². The number of carbonyl (C=O) groups excluding carboxylic acids is 2. The van der Waals surface area contributed by atoms with Crippen LogP contribution >= 0.6 is 0 Å². The second-order valence-corrected chi connectivity index (χ2v) is 10.0. The molecule has 2 amide bonds. The molecule has 1 N–H and O–H groups in total. The van der Waals surface area contributed by atoms with Crippen molar-refractivity contribution in [1.29, 1.82) is 0 Å². The number of aromatic nitrogens is 2. The van der Waals surface area contributed by atoms with Crippen molar-refractivity contribution in [3.05, 3.63) is 66.3 Å². The second kappa shape index (κ2) is 8.78. The molecule has 2 aliphatic rings. The van der Waals surface area contributed by atoms with Gasteiger partial charge in [-0.1, -0.05) is 32.8 Å². The fourth-order valence-electron chi connectivity index (χ4n) is 5.44. The summed E-state index contributed by atoms with van der Waals surface area (Å²) in [7, 11) is 0. The van der Waals surface area contributed by atoms with Crippen LogP contribution in [-0.2, 0) is 17.9 Å². The monoisotopic (exact) mass is 460 g/mol. The number of carbonyl (C=O) groups is 2. The van der Waals surface area contributed by atoms with Crippen LogP contribution in [0.4, 0.5) is 0 Å². The zero-order chi connectivity index (χ0) is 23.9. The lowest BCUT2D eigenvalue weighted by atomic mass is 9.77. The second-order valence-electron chi connectivity index (χ2n) is 10.0. The van der Waals surface area contributed by atoms with Crippen molar-refractivity contribution < 1.29 is 14.0 Å². The summed E-state index contributed by atoms with van der Waals surface area (Å²) in [6.07, 6.45) is 8.34. The highest BCUT2D eigenvalue weighted by molar-refractivity contribution is 6.00. The molecule has 7 nitrogen and oxygen atoms in total. The molecule has 0 aromatic carbocycles. The molecule has 7 heteroatoms. The van der Waals surface area contributed by atoms with Crippen molar-refractivity contribution in [2.24, 2.45) is 11.8 Å².